The lowest BCUT2D eigenvalue weighted by Crippen LogP contribution is -2.11. The van der Waals surface area contributed by atoms with Crippen LogP contribution in [0.4, 0.5) is 5.69 Å². The molecule has 0 aliphatic rings. The Morgan fingerprint density at radius 1 is 1.09 bits per heavy atom. The number of nitrogens with one attached hydrogen (secondary N) is 1. The van der Waals surface area contributed by atoms with Crippen molar-refractivity contribution >= 4 is 11.6 Å². The summed E-state index contributed by atoms with van der Waals surface area (Å²) in [5.41, 5.74) is 1.21. The largest absolute Gasteiger partial charge is 0.455 e. The summed E-state index contributed by atoms with van der Waals surface area (Å²) in [5, 5.41) is 6.47. The molecule has 3 rings (SSSR count). The van der Waals surface area contributed by atoms with Crippen molar-refractivity contribution in [3.63, 3.8) is 0 Å². The maximum Gasteiger partial charge on any atom is 0.294 e. The molecule has 5 heteroatoms. The third-order valence-corrected chi connectivity index (χ3v) is 2.96. The van der Waals surface area contributed by atoms with Crippen LogP contribution in [0, 0.1) is 6.92 Å². The molecule has 0 saturated carbocycles. The Hall–Kier alpha value is -3.08. The first-order chi connectivity index (χ1) is 10.7. The normalized spacial score (nSPS) is 10.2. The van der Waals surface area contributed by atoms with Crippen molar-refractivity contribution in [3.05, 3.63) is 72.1 Å². The van der Waals surface area contributed by atoms with Crippen LogP contribution in [0.25, 0.3) is 0 Å². The molecule has 110 valence electrons. The number of rotatable bonds is 4. The van der Waals surface area contributed by atoms with Gasteiger partial charge in [0.15, 0.2) is 5.75 Å². The highest BCUT2D eigenvalue weighted by atomic mass is 16.5. The van der Waals surface area contributed by atoms with Gasteiger partial charge in [-0.2, -0.15) is 0 Å². The van der Waals surface area contributed by atoms with Crippen LogP contribution in [0.1, 0.15) is 16.2 Å². The second-order valence-electron chi connectivity index (χ2n) is 4.70. The number of aromatic nitrogens is 1. The summed E-state index contributed by atoms with van der Waals surface area (Å²) in [7, 11) is 0. The number of carbonyl (C=O) groups is 1. The molecule has 5 nitrogen and oxygen atoms in total. The van der Waals surface area contributed by atoms with Gasteiger partial charge in [0.05, 0.1) is 11.4 Å². The van der Waals surface area contributed by atoms with Crippen molar-refractivity contribution in [2.24, 2.45) is 0 Å². The van der Waals surface area contributed by atoms with E-state index < -0.39 is 0 Å². The molecule has 0 saturated heterocycles. The Morgan fingerprint density at radius 3 is 2.55 bits per heavy atom. The molecule has 1 amide bonds. The molecule has 0 spiro atoms. The maximum atomic E-state index is 12.1. The summed E-state index contributed by atoms with van der Waals surface area (Å²) in [6.07, 6.45) is 0. The number of para-hydroxylation sites is 3. The third kappa shape index (κ3) is 3.15. The number of ether oxygens (including phenoxy) is 1. The van der Waals surface area contributed by atoms with Crippen molar-refractivity contribution in [2.75, 3.05) is 5.32 Å². The quantitative estimate of drug-likeness (QED) is 0.789. The Bertz CT molecular complexity index is 781. The van der Waals surface area contributed by atoms with Crippen LogP contribution in [-0.4, -0.2) is 11.1 Å². The second-order valence-corrected chi connectivity index (χ2v) is 4.70. The van der Waals surface area contributed by atoms with Gasteiger partial charge in [-0.1, -0.05) is 35.5 Å². The van der Waals surface area contributed by atoms with E-state index >= 15 is 0 Å². The molecule has 22 heavy (non-hydrogen) atoms. The minimum atomic E-state index is -0.371. The van der Waals surface area contributed by atoms with E-state index in [0.717, 1.165) is 0 Å². The highest BCUT2D eigenvalue weighted by Crippen LogP contribution is 2.29. The molecular formula is C17H14N2O3. The van der Waals surface area contributed by atoms with E-state index in [0.29, 0.717) is 22.9 Å². The van der Waals surface area contributed by atoms with Gasteiger partial charge in [0.1, 0.15) is 5.75 Å². The summed E-state index contributed by atoms with van der Waals surface area (Å²) in [5.74, 6) is 1.04. The van der Waals surface area contributed by atoms with E-state index in [9.17, 15) is 4.79 Å². The van der Waals surface area contributed by atoms with E-state index in [1.165, 1.54) is 0 Å². The number of benzene rings is 2. The molecular weight excluding hydrogens is 280 g/mol. The Kier molecular flexibility index (Phi) is 3.87. The molecule has 3 aromatic rings. The fourth-order valence-electron chi connectivity index (χ4n) is 1.93. The monoisotopic (exact) mass is 294 g/mol. The van der Waals surface area contributed by atoms with Crippen molar-refractivity contribution in [2.45, 2.75) is 6.92 Å². The predicted molar refractivity (Wildman–Crippen MR) is 82.2 cm³/mol. The summed E-state index contributed by atoms with van der Waals surface area (Å²) in [6, 6.07) is 18.2. The van der Waals surface area contributed by atoms with Gasteiger partial charge in [-0.3, -0.25) is 4.79 Å². The Morgan fingerprint density at radius 2 is 1.82 bits per heavy atom. The Balaban J connectivity index is 1.81. The number of carbonyl (C=O) groups excluding carboxylic acids is 1. The van der Waals surface area contributed by atoms with E-state index in [1.54, 1.807) is 25.1 Å². The van der Waals surface area contributed by atoms with Crippen molar-refractivity contribution < 1.29 is 14.1 Å². The summed E-state index contributed by atoms with van der Waals surface area (Å²) in [4.78, 5) is 12.1. The van der Waals surface area contributed by atoms with Crippen LogP contribution in [-0.2, 0) is 0 Å². The van der Waals surface area contributed by atoms with Gasteiger partial charge >= 0.3 is 0 Å². The van der Waals surface area contributed by atoms with Crippen molar-refractivity contribution in [3.8, 4) is 11.5 Å². The van der Waals surface area contributed by atoms with Gasteiger partial charge in [0.2, 0.25) is 5.76 Å². The van der Waals surface area contributed by atoms with E-state index in [4.69, 9.17) is 9.26 Å². The fraction of sp³-hybridized carbons (Fsp3) is 0.0588. The summed E-state index contributed by atoms with van der Waals surface area (Å²) < 4.78 is 10.7. The molecule has 0 aliphatic heterocycles. The minimum absolute atomic E-state index is 0.159. The zero-order valence-corrected chi connectivity index (χ0v) is 11.9. The fourth-order valence-corrected chi connectivity index (χ4v) is 1.93. The average molecular weight is 294 g/mol. The lowest BCUT2D eigenvalue weighted by molar-refractivity contribution is 0.0987. The van der Waals surface area contributed by atoms with Gasteiger partial charge < -0.3 is 14.6 Å². The molecule has 0 unspecified atom stereocenters. The van der Waals surface area contributed by atoms with Gasteiger partial charge in [0, 0.05) is 6.07 Å². The van der Waals surface area contributed by atoms with Gasteiger partial charge in [-0.05, 0) is 31.2 Å². The first-order valence-corrected chi connectivity index (χ1v) is 6.79. The summed E-state index contributed by atoms with van der Waals surface area (Å²) >= 11 is 0. The van der Waals surface area contributed by atoms with Gasteiger partial charge in [0.25, 0.3) is 5.91 Å². The Labute approximate surface area is 127 Å². The van der Waals surface area contributed by atoms with Crippen LogP contribution in [0.15, 0.2) is 65.2 Å². The maximum absolute atomic E-state index is 12.1. The minimum Gasteiger partial charge on any atom is -0.455 e. The average Bonchev–Trinajstić information content (AvgIpc) is 2.97. The lowest BCUT2D eigenvalue weighted by atomic mass is 10.2. The smallest absolute Gasteiger partial charge is 0.294 e. The molecule has 0 fully saturated rings. The molecule has 1 heterocycles. The van der Waals surface area contributed by atoms with Crippen LogP contribution >= 0.6 is 0 Å². The van der Waals surface area contributed by atoms with Gasteiger partial charge in [-0.25, -0.2) is 0 Å². The lowest BCUT2D eigenvalue weighted by Gasteiger charge is -2.11. The highest BCUT2D eigenvalue weighted by Gasteiger charge is 2.14. The van der Waals surface area contributed by atoms with Crippen LogP contribution < -0.4 is 10.1 Å². The zero-order valence-electron chi connectivity index (χ0n) is 11.9. The van der Waals surface area contributed by atoms with E-state index in [2.05, 4.69) is 10.5 Å². The second kappa shape index (κ2) is 6.13. The number of nitrogens with zero attached hydrogens (tertiary/aromatic N) is 1. The molecule has 0 atom stereocenters. The highest BCUT2D eigenvalue weighted by molar-refractivity contribution is 6.03. The van der Waals surface area contributed by atoms with E-state index in [-0.39, 0.29) is 11.7 Å². The molecule has 2 aromatic carbocycles. The number of hydrogen-bond donors (Lipinski definition) is 1. The van der Waals surface area contributed by atoms with Crippen LogP contribution in [0.5, 0.6) is 11.5 Å². The van der Waals surface area contributed by atoms with Crippen LogP contribution in [0.3, 0.4) is 0 Å². The number of anilines is 1. The first-order valence-electron chi connectivity index (χ1n) is 6.79. The predicted octanol–water partition coefficient (Wildman–Crippen LogP) is 4.03. The molecule has 1 aromatic heterocycles. The standard InChI is InChI=1S/C17H14N2O3/c1-12-11-16(22-19-12)17(20)18-14-9-5-6-10-15(14)21-13-7-3-2-4-8-13/h2-11H,1H3,(H,18,20). The first kappa shape index (κ1) is 13.9. The number of amides is 1. The number of aryl methyl sites for hydroxylation is 1. The molecule has 0 bridgehead atoms. The number of hydrogen-bond acceptors (Lipinski definition) is 4. The van der Waals surface area contributed by atoms with Gasteiger partial charge in [-0.15, -0.1) is 0 Å². The summed E-state index contributed by atoms with van der Waals surface area (Å²) in [6.45, 7) is 1.76. The van der Waals surface area contributed by atoms with Crippen molar-refractivity contribution in [1.82, 2.24) is 5.16 Å². The SMILES string of the molecule is Cc1cc(C(=O)Nc2ccccc2Oc2ccccc2)on1. The van der Waals surface area contributed by atoms with Crippen LogP contribution in [0.2, 0.25) is 0 Å². The molecule has 0 aliphatic carbocycles. The topological polar surface area (TPSA) is 64.4 Å². The zero-order chi connectivity index (χ0) is 15.4. The molecule has 0 radical (unpaired) electrons. The van der Waals surface area contributed by atoms with Crippen molar-refractivity contribution in [1.29, 1.82) is 0 Å². The third-order valence-electron chi connectivity index (χ3n) is 2.96. The molecule has 1 N–H and O–H groups in total. The van der Waals surface area contributed by atoms with E-state index in [1.807, 2.05) is 42.5 Å².